The second kappa shape index (κ2) is 4.60. The molecule has 82 valence electrons. The van der Waals surface area contributed by atoms with E-state index >= 15 is 0 Å². The molecular formula is C12H18N2O. The van der Waals surface area contributed by atoms with Gasteiger partial charge in [-0.3, -0.25) is 4.79 Å². The minimum Gasteiger partial charge on any atom is -0.337 e. The normalized spacial score (nSPS) is 17.9. The van der Waals surface area contributed by atoms with Crippen molar-refractivity contribution in [3.05, 3.63) is 18.2 Å². The molecule has 15 heavy (non-hydrogen) atoms. The number of ketones is 1. The number of Topliss-reactive ketones (excluding diaryl/α,β-unsaturated/α-hetero) is 1. The third-order valence-electron chi connectivity index (χ3n) is 3.23. The monoisotopic (exact) mass is 206 g/mol. The van der Waals surface area contributed by atoms with Crippen LogP contribution in [0.5, 0.6) is 0 Å². The van der Waals surface area contributed by atoms with Gasteiger partial charge in [-0.25, -0.2) is 4.98 Å². The largest absolute Gasteiger partial charge is 0.337 e. The van der Waals surface area contributed by atoms with E-state index in [0.29, 0.717) is 5.69 Å². The first kappa shape index (κ1) is 10.4. The number of carbonyl (C=O) groups is 1. The van der Waals surface area contributed by atoms with Gasteiger partial charge < -0.3 is 4.57 Å². The van der Waals surface area contributed by atoms with E-state index in [1.807, 2.05) is 10.8 Å². The van der Waals surface area contributed by atoms with Crippen LogP contribution >= 0.6 is 0 Å². The number of nitrogens with zero attached hydrogens (tertiary/aromatic N) is 2. The summed E-state index contributed by atoms with van der Waals surface area (Å²) in [6.45, 7) is 2.93. The molecule has 1 heterocycles. The SMILES string of the molecule is CCn1cnc(C(=O)C2CCCCC2)c1. The highest BCUT2D eigenvalue weighted by molar-refractivity contribution is 5.95. The maximum atomic E-state index is 12.1. The van der Waals surface area contributed by atoms with Crippen molar-refractivity contribution in [2.75, 3.05) is 0 Å². The zero-order valence-corrected chi connectivity index (χ0v) is 9.28. The predicted octanol–water partition coefficient (Wildman–Crippen LogP) is 2.67. The number of carbonyl (C=O) groups excluding carboxylic acids is 1. The molecule has 1 saturated carbocycles. The minimum atomic E-state index is 0.235. The first-order chi connectivity index (χ1) is 7.31. The van der Waals surface area contributed by atoms with Gasteiger partial charge in [-0.15, -0.1) is 0 Å². The molecule has 0 unspecified atom stereocenters. The number of imidazole rings is 1. The van der Waals surface area contributed by atoms with Crippen LogP contribution in [0.1, 0.15) is 49.5 Å². The summed E-state index contributed by atoms with van der Waals surface area (Å²) in [5.74, 6) is 0.487. The Morgan fingerprint density at radius 2 is 2.20 bits per heavy atom. The van der Waals surface area contributed by atoms with Crippen molar-refractivity contribution in [1.29, 1.82) is 0 Å². The van der Waals surface area contributed by atoms with Crippen molar-refractivity contribution < 1.29 is 4.79 Å². The van der Waals surface area contributed by atoms with E-state index in [4.69, 9.17) is 0 Å². The highest BCUT2D eigenvalue weighted by Gasteiger charge is 2.23. The zero-order valence-electron chi connectivity index (χ0n) is 9.28. The lowest BCUT2D eigenvalue weighted by Crippen LogP contribution is -2.18. The lowest BCUT2D eigenvalue weighted by atomic mass is 9.85. The average Bonchev–Trinajstić information content (AvgIpc) is 2.78. The minimum absolute atomic E-state index is 0.235. The van der Waals surface area contributed by atoms with Crippen LogP contribution in [-0.2, 0) is 6.54 Å². The van der Waals surface area contributed by atoms with Gasteiger partial charge in [-0.2, -0.15) is 0 Å². The van der Waals surface area contributed by atoms with Gasteiger partial charge in [0.15, 0.2) is 5.78 Å². The highest BCUT2D eigenvalue weighted by Crippen LogP contribution is 2.26. The molecule has 0 aliphatic heterocycles. The summed E-state index contributed by atoms with van der Waals surface area (Å²) in [5.41, 5.74) is 0.656. The molecule has 2 rings (SSSR count). The Kier molecular flexibility index (Phi) is 3.19. The van der Waals surface area contributed by atoms with Crippen molar-refractivity contribution in [2.24, 2.45) is 5.92 Å². The Labute approximate surface area is 90.5 Å². The standard InChI is InChI=1S/C12H18N2O/c1-2-14-8-11(13-9-14)12(15)10-6-4-3-5-7-10/h8-10H,2-7H2,1H3. The van der Waals surface area contributed by atoms with Gasteiger partial charge in [0.25, 0.3) is 0 Å². The van der Waals surface area contributed by atoms with E-state index in [9.17, 15) is 4.79 Å². The van der Waals surface area contributed by atoms with Crippen LogP contribution in [-0.4, -0.2) is 15.3 Å². The third kappa shape index (κ3) is 2.28. The molecule has 3 nitrogen and oxygen atoms in total. The molecule has 3 heteroatoms. The molecule has 1 aliphatic carbocycles. The average molecular weight is 206 g/mol. The van der Waals surface area contributed by atoms with Gasteiger partial charge in [0, 0.05) is 18.7 Å². The number of hydrogen-bond donors (Lipinski definition) is 0. The van der Waals surface area contributed by atoms with Crippen LogP contribution in [0.3, 0.4) is 0 Å². The van der Waals surface area contributed by atoms with Crippen LogP contribution in [0.4, 0.5) is 0 Å². The third-order valence-corrected chi connectivity index (χ3v) is 3.23. The van der Waals surface area contributed by atoms with E-state index in [1.165, 1.54) is 19.3 Å². The van der Waals surface area contributed by atoms with Gasteiger partial charge >= 0.3 is 0 Å². The van der Waals surface area contributed by atoms with E-state index in [1.54, 1.807) is 6.33 Å². The molecule has 0 aromatic carbocycles. The van der Waals surface area contributed by atoms with Crippen LogP contribution < -0.4 is 0 Å². The first-order valence-corrected chi connectivity index (χ1v) is 5.87. The van der Waals surface area contributed by atoms with Crippen molar-refractivity contribution >= 4 is 5.78 Å². The summed E-state index contributed by atoms with van der Waals surface area (Å²) < 4.78 is 1.95. The summed E-state index contributed by atoms with van der Waals surface area (Å²) in [6, 6.07) is 0. The summed E-state index contributed by atoms with van der Waals surface area (Å²) in [6.07, 6.45) is 9.41. The summed E-state index contributed by atoms with van der Waals surface area (Å²) in [7, 11) is 0. The van der Waals surface area contributed by atoms with Gasteiger partial charge in [0.1, 0.15) is 5.69 Å². The van der Waals surface area contributed by atoms with Gasteiger partial charge in [0.05, 0.1) is 6.33 Å². The topological polar surface area (TPSA) is 34.9 Å². The summed E-state index contributed by atoms with van der Waals surface area (Å²) >= 11 is 0. The lowest BCUT2D eigenvalue weighted by Gasteiger charge is -2.18. The molecule has 0 atom stereocenters. The Balaban J connectivity index is 2.05. The highest BCUT2D eigenvalue weighted by atomic mass is 16.1. The second-order valence-corrected chi connectivity index (χ2v) is 4.29. The van der Waals surface area contributed by atoms with Crippen LogP contribution in [0, 0.1) is 5.92 Å². The fourth-order valence-electron chi connectivity index (χ4n) is 2.23. The van der Waals surface area contributed by atoms with E-state index in [-0.39, 0.29) is 11.7 Å². The van der Waals surface area contributed by atoms with Crippen molar-refractivity contribution in [2.45, 2.75) is 45.6 Å². The molecule has 1 aromatic heterocycles. The van der Waals surface area contributed by atoms with Crippen molar-refractivity contribution in [3.8, 4) is 0 Å². The molecule has 0 saturated heterocycles. The lowest BCUT2D eigenvalue weighted by molar-refractivity contribution is 0.0884. The molecule has 0 radical (unpaired) electrons. The maximum absolute atomic E-state index is 12.1. The quantitative estimate of drug-likeness (QED) is 0.713. The van der Waals surface area contributed by atoms with Crippen molar-refractivity contribution in [3.63, 3.8) is 0 Å². The number of hydrogen-bond acceptors (Lipinski definition) is 2. The van der Waals surface area contributed by atoms with Crippen LogP contribution in [0.2, 0.25) is 0 Å². The molecule has 0 spiro atoms. The van der Waals surface area contributed by atoms with Crippen LogP contribution in [0.15, 0.2) is 12.5 Å². The van der Waals surface area contributed by atoms with Gasteiger partial charge in [-0.05, 0) is 19.8 Å². The Morgan fingerprint density at radius 1 is 1.47 bits per heavy atom. The smallest absolute Gasteiger partial charge is 0.185 e. The Hall–Kier alpha value is -1.12. The van der Waals surface area contributed by atoms with Crippen molar-refractivity contribution in [1.82, 2.24) is 9.55 Å². The molecule has 1 fully saturated rings. The van der Waals surface area contributed by atoms with Crippen LogP contribution in [0.25, 0.3) is 0 Å². The van der Waals surface area contributed by atoms with Gasteiger partial charge in [0.2, 0.25) is 0 Å². The van der Waals surface area contributed by atoms with E-state index in [0.717, 1.165) is 19.4 Å². The number of rotatable bonds is 3. The molecular weight excluding hydrogens is 188 g/mol. The zero-order chi connectivity index (χ0) is 10.7. The van der Waals surface area contributed by atoms with E-state index < -0.39 is 0 Å². The van der Waals surface area contributed by atoms with E-state index in [2.05, 4.69) is 11.9 Å². The Morgan fingerprint density at radius 3 is 2.80 bits per heavy atom. The fraction of sp³-hybridized carbons (Fsp3) is 0.667. The summed E-state index contributed by atoms with van der Waals surface area (Å²) in [4.78, 5) is 16.2. The van der Waals surface area contributed by atoms with Gasteiger partial charge in [-0.1, -0.05) is 19.3 Å². The molecule has 0 N–H and O–H groups in total. The second-order valence-electron chi connectivity index (χ2n) is 4.29. The Bertz CT molecular complexity index is 337. The molecule has 0 amide bonds. The maximum Gasteiger partial charge on any atom is 0.185 e. The predicted molar refractivity (Wildman–Crippen MR) is 58.8 cm³/mol. The fourth-order valence-corrected chi connectivity index (χ4v) is 2.23. The number of aryl methyl sites for hydroxylation is 1. The molecule has 1 aromatic rings. The first-order valence-electron chi connectivity index (χ1n) is 5.87. The number of aromatic nitrogens is 2. The molecule has 1 aliphatic rings. The summed E-state index contributed by atoms with van der Waals surface area (Å²) in [5, 5.41) is 0. The molecule has 0 bridgehead atoms.